The molecule has 1 aromatic carbocycles. The average Bonchev–Trinajstić information content (AvgIpc) is 2.65. The van der Waals surface area contributed by atoms with Gasteiger partial charge in [-0.25, -0.2) is 9.97 Å². The molecule has 2 atom stereocenters. The van der Waals surface area contributed by atoms with Gasteiger partial charge in [-0.3, -0.25) is 9.69 Å². The van der Waals surface area contributed by atoms with Gasteiger partial charge in [0.1, 0.15) is 0 Å². The van der Waals surface area contributed by atoms with Gasteiger partial charge < -0.3 is 4.90 Å². The van der Waals surface area contributed by atoms with Crippen LogP contribution in [0, 0.1) is 25.7 Å². The van der Waals surface area contributed by atoms with Gasteiger partial charge in [-0.1, -0.05) is 55.9 Å². The summed E-state index contributed by atoms with van der Waals surface area (Å²) in [4.78, 5) is 26.2. The smallest absolute Gasteiger partial charge is 0.233 e. The lowest BCUT2D eigenvalue weighted by Gasteiger charge is -2.45. The molecule has 0 N–H and O–H groups in total. The molecule has 0 saturated carbocycles. The molecule has 0 bridgehead atoms. The van der Waals surface area contributed by atoms with Crippen LogP contribution in [0.1, 0.15) is 30.8 Å². The van der Waals surface area contributed by atoms with Gasteiger partial charge in [0.2, 0.25) is 5.91 Å². The van der Waals surface area contributed by atoms with E-state index in [0.29, 0.717) is 22.7 Å². The minimum absolute atomic E-state index is 0.151. The summed E-state index contributed by atoms with van der Waals surface area (Å²) in [5.41, 5.74) is 3.22. The number of hydrogen-bond donors (Lipinski definition) is 0. The molecule has 1 aliphatic rings. The molecule has 1 aliphatic heterocycles. The third-order valence-electron chi connectivity index (χ3n) is 5.63. The van der Waals surface area contributed by atoms with Crippen molar-refractivity contribution in [3.63, 3.8) is 0 Å². The average molecular weight is 413 g/mol. The highest BCUT2D eigenvalue weighted by Gasteiger charge is 2.36. The minimum atomic E-state index is 0.151. The molecular formula is C23H32N4OS. The quantitative estimate of drug-likeness (QED) is 0.534. The van der Waals surface area contributed by atoms with Crippen LogP contribution in [-0.4, -0.2) is 57.6 Å². The van der Waals surface area contributed by atoms with Crippen molar-refractivity contribution in [1.29, 1.82) is 0 Å². The van der Waals surface area contributed by atoms with Crippen molar-refractivity contribution in [2.75, 3.05) is 25.9 Å². The maximum atomic E-state index is 12.9. The zero-order chi connectivity index (χ0) is 21.0. The van der Waals surface area contributed by atoms with Crippen LogP contribution >= 0.6 is 11.8 Å². The van der Waals surface area contributed by atoms with Gasteiger partial charge in [0, 0.05) is 44.1 Å². The molecule has 0 aliphatic carbocycles. The van der Waals surface area contributed by atoms with Gasteiger partial charge in [0.15, 0.2) is 5.16 Å². The topological polar surface area (TPSA) is 49.3 Å². The molecule has 2 heterocycles. The standard InChI is InChI=1S/C23H32N4OS/c1-16-12-27(14-20-9-7-6-8-10-20)13-17(2)22(16)26(5)21(28)15-29-23-24-18(3)11-19(4)25-23/h6-11,16-17,22H,12-15H2,1-5H3/t16-,17-/m1/s1. The van der Waals surface area contributed by atoms with Gasteiger partial charge in [-0.2, -0.15) is 0 Å². The van der Waals surface area contributed by atoms with E-state index in [2.05, 4.69) is 59.0 Å². The van der Waals surface area contributed by atoms with Crippen molar-refractivity contribution in [3.8, 4) is 0 Å². The Hall–Kier alpha value is -1.92. The number of rotatable bonds is 6. The van der Waals surface area contributed by atoms with E-state index in [4.69, 9.17) is 0 Å². The van der Waals surface area contributed by atoms with Gasteiger partial charge in [-0.15, -0.1) is 0 Å². The fourth-order valence-electron chi connectivity index (χ4n) is 4.55. The molecule has 1 fully saturated rings. The number of nitrogens with zero attached hydrogens (tertiary/aromatic N) is 4. The van der Waals surface area contributed by atoms with Crippen LogP contribution in [0.4, 0.5) is 0 Å². The number of amides is 1. The fraction of sp³-hybridized carbons (Fsp3) is 0.522. The molecule has 0 unspecified atom stereocenters. The van der Waals surface area contributed by atoms with Crippen LogP contribution in [0.15, 0.2) is 41.6 Å². The third-order valence-corrected chi connectivity index (χ3v) is 6.47. The van der Waals surface area contributed by atoms with Crippen LogP contribution in [0.2, 0.25) is 0 Å². The summed E-state index contributed by atoms with van der Waals surface area (Å²) in [5, 5.41) is 0.683. The molecule has 1 saturated heterocycles. The Morgan fingerprint density at radius 3 is 2.28 bits per heavy atom. The second kappa shape index (κ2) is 9.72. The summed E-state index contributed by atoms with van der Waals surface area (Å²) in [6.45, 7) is 11.4. The molecule has 1 aromatic heterocycles. The van der Waals surface area contributed by atoms with Crippen molar-refractivity contribution >= 4 is 17.7 Å². The first-order chi connectivity index (χ1) is 13.8. The molecule has 1 amide bonds. The zero-order valence-electron chi connectivity index (χ0n) is 18.1. The number of benzene rings is 1. The van der Waals surface area contributed by atoms with E-state index in [1.165, 1.54) is 17.3 Å². The largest absolute Gasteiger partial charge is 0.341 e. The summed E-state index contributed by atoms with van der Waals surface area (Å²) in [5.74, 6) is 1.39. The molecule has 6 heteroatoms. The first-order valence-electron chi connectivity index (χ1n) is 10.3. The van der Waals surface area contributed by atoms with E-state index in [0.717, 1.165) is 31.0 Å². The fourth-order valence-corrected chi connectivity index (χ4v) is 5.43. The van der Waals surface area contributed by atoms with Gasteiger partial charge >= 0.3 is 0 Å². The lowest BCUT2D eigenvalue weighted by molar-refractivity contribution is -0.132. The Labute approximate surface area is 178 Å². The van der Waals surface area contributed by atoms with Gasteiger partial charge in [-0.05, 0) is 37.3 Å². The highest BCUT2D eigenvalue weighted by molar-refractivity contribution is 7.99. The van der Waals surface area contributed by atoms with Crippen LogP contribution in [0.3, 0.4) is 0 Å². The number of carbonyl (C=O) groups is 1. The zero-order valence-corrected chi connectivity index (χ0v) is 18.9. The number of hydrogen-bond acceptors (Lipinski definition) is 5. The number of likely N-dealkylation sites (tertiary alicyclic amines) is 1. The van der Waals surface area contributed by atoms with Crippen LogP contribution in [-0.2, 0) is 11.3 Å². The second-order valence-electron chi connectivity index (χ2n) is 8.35. The van der Waals surface area contributed by atoms with E-state index in [-0.39, 0.29) is 11.9 Å². The van der Waals surface area contributed by atoms with E-state index in [9.17, 15) is 4.79 Å². The third kappa shape index (κ3) is 5.80. The molecular weight excluding hydrogens is 380 g/mol. The van der Waals surface area contributed by atoms with Crippen LogP contribution < -0.4 is 0 Å². The normalized spacial score (nSPS) is 20.6. The summed E-state index contributed by atoms with van der Waals surface area (Å²) in [6, 6.07) is 12.8. The lowest BCUT2D eigenvalue weighted by Crippen LogP contribution is -2.55. The van der Waals surface area contributed by atoms with Crippen molar-refractivity contribution in [1.82, 2.24) is 19.8 Å². The van der Waals surface area contributed by atoms with Crippen molar-refractivity contribution < 1.29 is 4.79 Å². The molecule has 3 rings (SSSR count). The number of aryl methyl sites for hydroxylation is 2. The molecule has 2 aromatic rings. The summed E-state index contributed by atoms with van der Waals surface area (Å²) < 4.78 is 0. The SMILES string of the molecule is Cc1cc(C)nc(SCC(=O)N(C)C2[C@H](C)CN(Cc3ccccc3)C[C@H]2C)n1. The van der Waals surface area contributed by atoms with Crippen LogP contribution in [0.25, 0.3) is 0 Å². The van der Waals surface area contributed by atoms with Gasteiger partial charge in [0.25, 0.3) is 0 Å². The first kappa shape index (κ1) is 21.8. The Morgan fingerprint density at radius 2 is 1.69 bits per heavy atom. The van der Waals surface area contributed by atoms with E-state index in [1.807, 2.05) is 31.9 Å². The Balaban J connectivity index is 1.57. The van der Waals surface area contributed by atoms with Crippen molar-refractivity contribution in [2.45, 2.75) is 45.4 Å². The summed E-state index contributed by atoms with van der Waals surface area (Å²) in [7, 11) is 1.95. The van der Waals surface area contributed by atoms with Gasteiger partial charge in [0.05, 0.1) is 5.75 Å². The second-order valence-corrected chi connectivity index (χ2v) is 9.29. The molecule has 156 valence electrons. The number of thioether (sulfide) groups is 1. The maximum Gasteiger partial charge on any atom is 0.233 e. The maximum absolute atomic E-state index is 12.9. The number of aromatic nitrogens is 2. The molecule has 5 nitrogen and oxygen atoms in total. The van der Waals surface area contributed by atoms with Crippen LogP contribution in [0.5, 0.6) is 0 Å². The van der Waals surface area contributed by atoms with E-state index >= 15 is 0 Å². The monoisotopic (exact) mass is 412 g/mol. The Bertz CT molecular complexity index is 797. The number of carbonyl (C=O) groups excluding carboxylic acids is 1. The highest BCUT2D eigenvalue weighted by atomic mass is 32.2. The summed E-state index contributed by atoms with van der Waals surface area (Å²) >= 11 is 1.43. The van der Waals surface area contributed by atoms with E-state index < -0.39 is 0 Å². The van der Waals surface area contributed by atoms with Crippen molar-refractivity contribution in [2.24, 2.45) is 11.8 Å². The molecule has 0 radical (unpaired) electrons. The predicted molar refractivity (Wildman–Crippen MR) is 119 cm³/mol. The van der Waals surface area contributed by atoms with E-state index in [1.54, 1.807) is 0 Å². The predicted octanol–water partition coefficient (Wildman–Crippen LogP) is 3.80. The Kier molecular flexibility index (Phi) is 7.30. The number of piperidine rings is 1. The minimum Gasteiger partial charge on any atom is -0.341 e. The molecule has 0 spiro atoms. The summed E-state index contributed by atoms with van der Waals surface area (Å²) in [6.07, 6.45) is 0. The van der Waals surface area contributed by atoms with Crippen molar-refractivity contribution in [3.05, 3.63) is 53.3 Å². The highest BCUT2D eigenvalue weighted by Crippen LogP contribution is 2.28. The Morgan fingerprint density at radius 1 is 1.10 bits per heavy atom. The lowest BCUT2D eigenvalue weighted by atomic mass is 9.84. The molecule has 29 heavy (non-hydrogen) atoms. The first-order valence-corrected chi connectivity index (χ1v) is 11.3.